The first kappa shape index (κ1) is 20.8. The molecule has 1 heterocycles. The maximum atomic E-state index is 12.9. The summed E-state index contributed by atoms with van der Waals surface area (Å²) in [5, 5.41) is 9.19. The van der Waals surface area contributed by atoms with Crippen molar-refractivity contribution in [2.45, 2.75) is 56.3 Å². The molecule has 0 aromatic heterocycles. The molecule has 0 N–H and O–H groups in total. The van der Waals surface area contributed by atoms with E-state index in [0.717, 1.165) is 18.8 Å². The van der Waals surface area contributed by atoms with E-state index >= 15 is 0 Å². The van der Waals surface area contributed by atoms with Gasteiger partial charge in [0.05, 0.1) is 10.5 Å². The number of rotatable bonds is 6. The van der Waals surface area contributed by atoms with Crippen LogP contribution in [0, 0.1) is 17.2 Å². The van der Waals surface area contributed by atoms with Gasteiger partial charge in [-0.3, -0.25) is 4.79 Å². The lowest BCUT2D eigenvalue weighted by Crippen LogP contribution is -2.50. The Kier molecular flexibility index (Phi) is 7.08. The molecule has 1 aliphatic heterocycles. The number of carbonyl (C=O) groups excluding carboxylic acids is 1. The van der Waals surface area contributed by atoms with E-state index < -0.39 is 10.0 Å². The molecule has 0 atom stereocenters. The highest BCUT2D eigenvalue weighted by Crippen LogP contribution is 2.28. The zero-order chi connectivity index (χ0) is 20.0. The highest BCUT2D eigenvalue weighted by atomic mass is 32.2. The summed E-state index contributed by atoms with van der Waals surface area (Å²) >= 11 is 0. The summed E-state index contributed by atoms with van der Waals surface area (Å²) in [6.07, 6.45) is 9.21. The van der Waals surface area contributed by atoms with Crippen LogP contribution in [0.2, 0.25) is 0 Å². The van der Waals surface area contributed by atoms with Gasteiger partial charge in [0.25, 0.3) is 0 Å². The number of hydrogen-bond donors (Lipinski definition) is 0. The first-order chi connectivity index (χ1) is 13.5. The molecule has 0 spiro atoms. The van der Waals surface area contributed by atoms with Gasteiger partial charge < -0.3 is 4.90 Å². The summed E-state index contributed by atoms with van der Waals surface area (Å²) in [4.78, 5) is 14.3. The van der Waals surface area contributed by atoms with Crippen LogP contribution in [0.1, 0.15) is 56.9 Å². The summed E-state index contributed by atoms with van der Waals surface area (Å²) in [5.74, 6) is 0.911. The summed E-state index contributed by atoms with van der Waals surface area (Å²) in [5.41, 5.74) is 0.156. The van der Waals surface area contributed by atoms with Crippen LogP contribution in [0.25, 0.3) is 0 Å². The molecule has 1 aliphatic carbocycles. The number of nitriles is 1. The zero-order valence-corrected chi connectivity index (χ0v) is 17.2. The first-order valence-electron chi connectivity index (χ1n) is 10.3. The van der Waals surface area contributed by atoms with Crippen LogP contribution >= 0.6 is 0 Å². The van der Waals surface area contributed by atoms with Crippen LogP contribution in [0.15, 0.2) is 29.2 Å². The van der Waals surface area contributed by atoms with Gasteiger partial charge in [0.1, 0.15) is 6.07 Å². The van der Waals surface area contributed by atoms with Gasteiger partial charge in [-0.1, -0.05) is 44.2 Å². The Morgan fingerprint density at radius 2 is 1.75 bits per heavy atom. The summed E-state index contributed by atoms with van der Waals surface area (Å²) in [6.45, 7) is 1.37. The summed E-state index contributed by atoms with van der Waals surface area (Å²) < 4.78 is 27.1. The molecule has 3 rings (SSSR count). The Hall–Kier alpha value is -1.91. The Morgan fingerprint density at radius 3 is 2.43 bits per heavy atom. The fourth-order valence-corrected chi connectivity index (χ4v) is 5.84. The number of hydrogen-bond acceptors (Lipinski definition) is 4. The van der Waals surface area contributed by atoms with Crippen LogP contribution in [0.4, 0.5) is 0 Å². The van der Waals surface area contributed by atoms with E-state index in [1.54, 1.807) is 17.0 Å². The van der Waals surface area contributed by atoms with Crippen molar-refractivity contribution < 1.29 is 13.2 Å². The number of benzene rings is 1. The van der Waals surface area contributed by atoms with E-state index in [1.165, 1.54) is 48.5 Å². The molecular weight excluding hydrogens is 374 g/mol. The average Bonchev–Trinajstić information content (AvgIpc) is 2.74. The van der Waals surface area contributed by atoms with E-state index in [9.17, 15) is 18.5 Å². The molecule has 2 fully saturated rings. The van der Waals surface area contributed by atoms with Gasteiger partial charge in [-0.05, 0) is 30.9 Å². The maximum absolute atomic E-state index is 12.9. The van der Waals surface area contributed by atoms with E-state index in [1.807, 2.05) is 6.07 Å². The van der Waals surface area contributed by atoms with Gasteiger partial charge in [0, 0.05) is 32.6 Å². The standard InChI is InChI=1S/C21H29N3O3S/c22-17-19-10-4-5-11-20(19)28(26,27)24-15-13-23(14-16-24)21(25)12-6-9-18-7-2-1-3-8-18/h4-5,10-11,18H,1-3,6-9,12-16H2. The van der Waals surface area contributed by atoms with Crippen molar-refractivity contribution >= 4 is 15.9 Å². The molecule has 1 aromatic rings. The number of sulfonamides is 1. The second kappa shape index (κ2) is 9.53. The molecule has 2 aliphatic rings. The first-order valence-corrected chi connectivity index (χ1v) is 11.7. The molecule has 1 amide bonds. The lowest BCUT2D eigenvalue weighted by molar-refractivity contribution is -0.132. The quantitative estimate of drug-likeness (QED) is 0.731. The van der Waals surface area contributed by atoms with E-state index in [2.05, 4.69) is 0 Å². The van der Waals surface area contributed by atoms with Gasteiger partial charge in [-0.15, -0.1) is 0 Å². The number of carbonyl (C=O) groups is 1. The van der Waals surface area contributed by atoms with Crippen LogP contribution in [-0.4, -0.2) is 49.7 Å². The van der Waals surface area contributed by atoms with Gasteiger partial charge >= 0.3 is 0 Å². The van der Waals surface area contributed by atoms with Crippen molar-refractivity contribution in [1.82, 2.24) is 9.21 Å². The minimum absolute atomic E-state index is 0.0461. The van der Waals surface area contributed by atoms with Crippen molar-refractivity contribution in [3.05, 3.63) is 29.8 Å². The van der Waals surface area contributed by atoms with Crippen molar-refractivity contribution in [2.24, 2.45) is 5.92 Å². The van der Waals surface area contributed by atoms with Crippen LogP contribution in [0.3, 0.4) is 0 Å². The monoisotopic (exact) mass is 403 g/mol. The number of nitrogens with zero attached hydrogens (tertiary/aromatic N) is 3. The maximum Gasteiger partial charge on any atom is 0.244 e. The molecule has 1 saturated carbocycles. The summed E-state index contributed by atoms with van der Waals surface area (Å²) in [6, 6.07) is 8.21. The molecule has 152 valence electrons. The van der Waals surface area contributed by atoms with Crippen molar-refractivity contribution in [1.29, 1.82) is 5.26 Å². The average molecular weight is 404 g/mol. The smallest absolute Gasteiger partial charge is 0.244 e. The lowest BCUT2D eigenvalue weighted by Gasteiger charge is -2.34. The number of amides is 1. The molecule has 0 bridgehead atoms. The second-order valence-corrected chi connectivity index (χ2v) is 9.70. The van der Waals surface area contributed by atoms with Crippen molar-refractivity contribution in [2.75, 3.05) is 26.2 Å². The fraction of sp³-hybridized carbons (Fsp3) is 0.619. The van der Waals surface area contributed by atoms with Gasteiger partial charge in [-0.2, -0.15) is 9.57 Å². The third-order valence-electron chi connectivity index (χ3n) is 5.94. The van der Waals surface area contributed by atoms with E-state index in [0.29, 0.717) is 19.5 Å². The van der Waals surface area contributed by atoms with Gasteiger partial charge in [0.2, 0.25) is 15.9 Å². The Balaban J connectivity index is 1.49. The third kappa shape index (κ3) is 4.92. The van der Waals surface area contributed by atoms with E-state index in [4.69, 9.17) is 0 Å². The van der Waals surface area contributed by atoms with Gasteiger partial charge in [0.15, 0.2) is 0 Å². The normalized spacial score (nSPS) is 19.3. The Bertz CT molecular complexity index is 818. The molecule has 6 nitrogen and oxygen atoms in total. The van der Waals surface area contributed by atoms with Crippen molar-refractivity contribution in [3.63, 3.8) is 0 Å². The Morgan fingerprint density at radius 1 is 1.07 bits per heavy atom. The highest BCUT2D eigenvalue weighted by Gasteiger charge is 2.31. The zero-order valence-electron chi connectivity index (χ0n) is 16.3. The molecule has 0 radical (unpaired) electrons. The molecule has 7 heteroatoms. The fourth-order valence-electron chi connectivity index (χ4n) is 4.28. The van der Waals surface area contributed by atoms with Crippen LogP contribution in [-0.2, 0) is 14.8 Å². The predicted octanol–water partition coefficient (Wildman–Crippen LogP) is 3.14. The highest BCUT2D eigenvalue weighted by molar-refractivity contribution is 7.89. The molecular formula is C21H29N3O3S. The van der Waals surface area contributed by atoms with Crippen LogP contribution < -0.4 is 0 Å². The van der Waals surface area contributed by atoms with Crippen LogP contribution in [0.5, 0.6) is 0 Å². The molecule has 1 aromatic carbocycles. The predicted molar refractivity (Wildman–Crippen MR) is 107 cm³/mol. The Labute approximate surface area is 168 Å². The third-order valence-corrected chi connectivity index (χ3v) is 7.90. The minimum atomic E-state index is -3.71. The summed E-state index contributed by atoms with van der Waals surface area (Å²) in [7, 11) is -3.71. The SMILES string of the molecule is N#Cc1ccccc1S(=O)(=O)N1CCN(C(=O)CCCC2CCCCC2)CC1. The van der Waals surface area contributed by atoms with Gasteiger partial charge in [-0.25, -0.2) is 8.42 Å². The molecule has 28 heavy (non-hydrogen) atoms. The lowest BCUT2D eigenvalue weighted by atomic mass is 9.86. The van der Waals surface area contributed by atoms with Crippen molar-refractivity contribution in [3.8, 4) is 6.07 Å². The topological polar surface area (TPSA) is 81.5 Å². The molecule has 1 saturated heterocycles. The van der Waals surface area contributed by atoms with E-state index in [-0.39, 0.29) is 29.5 Å². The largest absolute Gasteiger partial charge is 0.340 e. The second-order valence-electron chi connectivity index (χ2n) is 7.79. The minimum Gasteiger partial charge on any atom is -0.340 e. The number of piperazine rings is 1. The molecule has 0 unspecified atom stereocenters.